The van der Waals surface area contributed by atoms with Gasteiger partial charge in [0.25, 0.3) is 0 Å². The van der Waals surface area contributed by atoms with Gasteiger partial charge in [-0.15, -0.1) is 0 Å². The van der Waals surface area contributed by atoms with Crippen LogP contribution in [0.5, 0.6) is 0 Å². The summed E-state index contributed by atoms with van der Waals surface area (Å²) in [6.45, 7) is 11.6. The van der Waals surface area contributed by atoms with Gasteiger partial charge in [0.05, 0.1) is 26.4 Å². The molecule has 0 rings (SSSR count). The van der Waals surface area contributed by atoms with Crippen molar-refractivity contribution in [2.75, 3.05) is 39.6 Å². The SMILES string of the molecule is CCCCCC/C=C\C=C/CCCCCCCC(=O)OC[C@H](COP(=O)(O)OC[C@@H](O)COP(=O)(O)OC[C@@H](COC(=O)CCCCCCCCC(C)CC)OC(=O)CCCCCCCCCC(C)C)OC(=O)CCCCCCCCCCC(C)CC. The average molecular weight is 1280 g/mol. The smallest absolute Gasteiger partial charge is 0.462 e. The molecule has 0 spiro atoms. The first-order chi connectivity index (χ1) is 41.8. The van der Waals surface area contributed by atoms with Crippen LogP contribution in [0.4, 0.5) is 0 Å². The van der Waals surface area contributed by atoms with Crippen LogP contribution in [0.3, 0.4) is 0 Å². The summed E-state index contributed by atoms with van der Waals surface area (Å²) >= 11 is 0. The van der Waals surface area contributed by atoms with E-state index in [1.165, 1.54) is 96.3 Å². The van der Waals surface area contributed by atoms with Crippen LogP contribution in [-0.2, 0) is 65.4 Å². The summed E-state index contributed by atoms with van der Waals surface area (Å²) in [4.78, 5) is 72.4. The van der Waals surface area contributed by atoms with E-state index < -0.39 is 97.5 Å². The molecule has 0 fully saturated rings. The number of allylic oxidation sites excluding steroid dienone is 4. The molecule has 0 aromatic rings. The fraction of sp³-hybridized carbons (Fsp3) is 0.882. The zero-order valence-corrected chi connectivity index (χ0v) is 57.7. The zero-order chi connectivity index (χ0) is 64.5. The van der Waals surface area contributed by atoms with Crippen molar-refractivity contribution >= 4 is 39.5 Å². The van der Waals surface area contributed by atoms with E-state index in [2.05, 4.69) is 72.8 Å². The second-order valence-electron chi connectivity index (χ2n) is 24.8. The normalized spacial score (nSPS) is 15.1. The standard InChI is InChI=1S/C68H128O17P2/c1-8-11-12-13-14-15-16-17-18-19-20-21-27-35-42-49-65(70)78-55-63(84-67(72)51-44-37-28-23-22-26-33-40-47-60(6)9-2)57-82-86(74,75)80-53-62(69)54-81-87(76,77)83-58-64(85-68(73)52-45-38-29-24-25-32-39-46-59(4)5)56-79-66(71)50-43-36-31-30-34-41-48-61(7)10-3/h15-18,59-64,69H,8-14,19-58H2,1-7H3,(H,74,75)(H,76,77)/b16-15-,18-17-/t60?,61?,62-,63-,64-/m1/s1. The van der Waals surface area contributed by atoms with E-state index in [1.807, 2.05) is 0 Å². The Kier molecular flexibility index (Phi) is 57.0. The van der Waals surface area contributed by atoms with Crippen molar-refractivity contribution < 1.29 is 80.2 Å². The first kappa shape index (κ1) is 84.5. The Balaban J connectivity index is 5.29. The van der Waals surface area contributed by atoms with Crippen molar-refractivity contribution in [3.05, 3.63) is 24.3 Å². The number of esters is 4. The van der Waals surface area contributed by atoms with Gasteiger partial charge < -0.3 is 33.8 Å². The third-order valence-corrected chi connectivity index (χ3v) is 17.6. The number of carbonyl (C=O) groups is 4. The minimum Gasteiger partial charge on any atom is -0.462 e. The maximum atomic E-state index is 13.0. The average Bonchev–Trinajstić information content (AvgIpc) is 3.62. The Labute approximate surface area is 529 Å². The molecule has 7 atom stereocenters. The largest absolute Gasteiger partial charge is 0.472 e. The molecule has 0 aliphatic rings. The molecule has 0 aliphatic heterocycles. The summed E-state index contributed by atoms with van der Waals surface area (Å²) in [7, 11) is -9.91. The lowest BCUT2D eigenvalue weighted by atomic mass is 9.99. The van der Waals surface area contributed by atoms with Crippen molar-refractivity contribution in [2.24, 2.45) is 17.8 Å². The second kappa shape index (κ2) is 58.6. The van der Waals surface area contributed by atoms with Crippen LogP contribution in [0.25, 0.3) is 0 Å². The van der Waals surface area contributed by atoms with Gasteiger partial charge in [-0.3, -0.25) is 37.3 Å². The van der Waals surface area contributed by atoms with Crippen molar-refractivity contribution in [3.63, 3.8) is 0 Å². The second-order valence-corrected chi connectivity index (χ2v) is 27.7. The van der Waals surface area contributed by atoms with Gasteiger partial charge >= 0.3 is 39.5 Å². The van der Waals surface area contributed by atoms with Gasteiger partial charge in [-0.25, -0.2) is 9.13 Å². The van der Waals surface area contributed by atoms with E-state index in [9.17, 15) is 43.2 Å². The first-order valence-corrected chi connectivity index (χ1v) is 37.7. The summed E-state index contributed by atoms with van der Waals surface area (Å²) in [5.74, 6) is 0.0248. The van der Waals surface area contributed by atoms with Crippen LogP contribution in [0, 0.1) is 17.8 Å². The molecular weight excluding hydrogens is 1150 g/mol. The van der Waals surface area contributed by atoms with Crippen molar-refractivity contribution in [1.29, 1.82) is 0 Å². The number of carbonyl (C=O) groups excluding carboxylic acids is 4. The molecule has 512 valence electrons. The van der Waals surface area contributed by atoms with Crippen LogP contribution in [0.15, 0.2) is 24.3 Å². The molecule has 3 N–H and O–H groups in total. The molecule has 19 heteroatoms. The third-order valence-electron chi connectivity index (χ3n) is 15.7. The molecule has 0 aromatic carbocycles. The molecule has 4 unspecified atom stereocenters. The van der Waals surface area contributed by atoms with E-state index in [4.69, 9.17) is 37.0 Å². The van der Waals surface area contributed by atoms with Crippen LogP contribution in [-0.4, -0.2) is 96.7 Å². The highest BCUT2D eigenvalue weighted by atomic mass is 31.2. The predicted molar refractivity (Wildman–Crippen MR) is 349 cm³/mol. The number of rotatable bonds is 64. The summed E-state index contributed by atoms with van der Waals surface area (Å²) < 4.78 is 68.1. The van der Waals surface area contributed by atoms with Gasteiger partial charge in [-0.05, 0) is 69.1 Å². The summed E-state index contributed by atoms with van der Waals surface area (Å²) in [5.41, 5.74) is 0. The van der Waals surface area contributed by atoms with Crippen molar-refractivity contribution in [2.45, 2.75) is 330 Å². The van der Waals surface area contributed by atoms with E-state index in [0.29, 0.717) is 31.6 Å². The van der Waals surface area contributed by atoms with Crippen LogP contribution >= 0.6 is 15.6 Å². The van der Waals surface area contributed by atoms with Gasteiger partial charge in [-0.2, -0.15) is 0 Å². The number of phosphoric acid groups is 2. The lowest BCUT2D eigenvalue weighted by molar-refractivity contribution is -0.161. The number of hydrogen-bond donors (Lipinski definition) is 3. The lowest BCUT2D eigenvalue weighted by Gasteiger charge is -2.21. The van der Waals surface area contributed by atoms with Crippen molar-refractivity contribution in [1.82, 2.24) is 0 Å². The summed E-state index contributed by atoms with van der Waals surface area (Å²) in [6.07, 6.45) is 44.0. The number of phosphoric ester groups is 2. The Morgan fingerprint density at radius 2 is 0.678 bits per heavy atom. The molecule has 17 nitrogen and oxygen atoms in total. The van der Waals surface area contributed by atoms with Gasteiger partial charge in [0.1, 0.15) is 19.3 Å². The first-order valence-electron chi connectivity index (χ1n) is 34.7. The number of aliphatic hydroxyl groups is 1. The van der Waals surface area contributed by atoms with E-state index in [-0.39, 0.29) is 25.7 Å². The van der Waals surface area contributed by atoms with Gasteiger partial charge in [0.2, 0.25) is 0 Å². The molecule has 0 heterocycles. The zero-order valence-electron chi connectivity index (χ0n) is 56.0. The quantitative estimate of drug-likeness (QED) is 0.0169. The number of ether oxygens (including phenoxy) is 4. The number of hydrogen-bond acceptors (Lipinski definition) is 15. The third kappa shape index (κ3) is 59.6. The Morgan fingerprint density at radius 3 is 1.02 bits per heavy atom. The van der Waals surface area contributed by atoms with Gasteiger partial charge in [0, 0.05) is 25.7 Å². The van der Waals surface area contributed by atoms with Crippen molar-refractivity contribution in [3.8, 4) is 0 Å². The molecule has 0 aromatic heterocycles. The van der Waals surface area contributed by atoms with E-state index >= 15 is 0 Å². The molecular formula is C68H128O17P2. The molecule has 0 aliphatic carbocycles. The highest BCUT2D eigenvalue weighted by Crippen LogP contribution is 2.45. The highest BCUT2D eigenvalue weighted by molar-refractivity contribution is 7.47. The number of unbranched alkanes of at least 4 members (excludes halogenated alkanes) is 27. The lowest BCUT2D eigenvalue weighted by Crippen LogP contribution is -2.30. The fourth-order valence-corrected chi connectivity index (χ4v) is 11.2. The van der Waals surface area contributed by atoms with Gasteiger partial charge in [-0.1, -0.05) is 259 Å². The molecule has 87 heavy (non-hydrogen) atoms. The molecule has 0 bridgehead atoms. The maximum Gasteiger partial charge on any atom is 0.472 e. The minimum atomic E-state index is -4.96. The Morgan fingerprint density at radius 1 is 0.379 bits per heavy atom. The van der Waals surface area contributed by atoms with E-state index in [0.717, 1.165) is 127 Å². The Hall–Kier alpha value is -2.46. The predicted octanol–water partition coefficient (Wildman–Crippen LogP) is 18.6. The topological polar surface area (TPSA) is 237 Å². The summed E-state index contributed by atoms with van der Waals surface area (Å²) in [5, 5.41) is 10.6. The minimum absolute atomic E-state index is 0.0974. The van der Waals surface area contributed by atoms with Crippen LogP contribution in [0.2, 0.25) is 0 Å². The number of aliphatic hydroxyl groups excluding tert-OH is 1. The van der Waals surface area contributed by atoms with Crippen LogP contribution < -0.4 is 0 Å². The fourth-order valence-electron chi connectivity index (χ4n) is 9.58. The van der Waals surface area contributed by atoms with Crippen LogP contribution in [0.1, 0.15) is 312 Å². The highest BCUT2D eigenvalue weighted by Gasteiger charge is 2.30. The Bertz CT molecular complexity index is 1810. The molecule has 0 radical (unpaired) electrons. The van der Waals surface area contributed by atoms with Gasteiger partial charge in [0.15, 0.2) is 12.2 Å². The molecule has 0 amide bonds. The molecule has 0 saturated carbocycles. The van der Waals surface area contributed by atoms with E-state index in [1.54, 1.807) is 0 Å². The monoisotopic (exact) mass is 1280 g/mol. The molecule has 0 saturated heterocycles. The summed E-state index contributed by atoms with van der Waals surface area (Å²) in [6, 6.07) is 0. The maximum absolute atomic E-state index is 13.0.